The molecule has 1 amide bonds. The maximum Gasteiger partial charge on any atom is 0.460 e. The van der Waals surface area contributed by atoms with Crippen molar-refractivity contribution in [3.8, 4) is 0 Å². The minimum atomic E-state index is -6.37. The monoisotopic (exact) mass is 365 g/mol. The van der Waals surface area contributed by atoms with Gasteiger partial charge in [-0.05, 0) is 30.0 Å². The number of nitrogens with one attached hydrogen (secondary N) is 1. The van der Waals surface area contributed by atoms with Crippen molar-refractivity contribution in [2.75, 3.05) is 11.1 Å². The summed E-state index contributed by atoms with van der Waals surface area (Å²) >= 11 is 0.186. The SMILES string of the molecule is O=C1CSc2ccc(SC(F)(F)C(F)(F)C(F)(F)F)cc2N1. The molecule has 0 aliphatic carbocycles. The fraction of sp³-hybridized carbons (Fsp3) is 0.364. The Balaban J connectivity index is 2.27. The highest BCUT2D eigenvalue weighted by molar-refractivity contribution is 8.00. The smallest absolute Gasteiger partial charge is 0.324 e. The average Bonchev–Trinajstić information content (AvgIpc) is 2.36. The molecule has 0 aromatic heterocycles. The Morgan fingerprint density at radius 1 is 1.09 bits per heavy atom. The van der Waals surface area contributed by atoms with Crippen LogP contribution < -0.4 is 5.32 Å². The first-order valence-electron chi connectivity index (χ1n) is 5.52. The van der Waals surface area contributed by atoms with Crippen LogP contribution in [0.1, 0.15) is 0 Å². The number of carbonyl (C=O) groups excluding carboxylic acids is 1. The molecule has 1 aromatic rings. The molecule has 1 N–H and O–H groups in total. The van der Waals surface area contributed by atoms with Crippen LogP contribution in [0.3, 0.4) is 0 Å². The van der Waals surface area contributed by atoms with Crippen LogP contribution in [0.2, 0.25) is 0 Å². The first kappa shape index (κ1) is 17.3. The Kier molecular flexibility index (Phi) is 4.33. The Labute approximate surface area is 127 Å². The summed E-state index contributed by atoms with van der Waals surface area (Å²) in [4.78, 5) is 11.1. The third kappa shape index (κ3) is 3.14. The number of thioether (sulfide) groups is 2. The molecular formula is C11H6F7NOS2. The van der Waals surface area contributed by atoms with E-state index in [1.807, 2.05) is 0 Å². The fourth-order valence-corrected chi connectivity index (χ4v) is 3.14. The second-order valence-electron chi connectivity index (χ2n) is 4.19. The molecule has 1 aliphatic heterocycles. The number of amides is 1. The standard InChI is InChI=1S/C11H6F7NOS2/c12-9(13,10(14,15)16)11(17,18)22-5-1-2-7-6(3-5)19-8(20)4-21-7/h1-3H,4H2,(H,19,20). The summed E-state index contributed by atoms with van der Waals surface area (Å²) in [5.74, 6) is -6.51. The minimum Gasteiger partial charge on any atom is -0.324 e. The van der Waals surface area contributed by atoms with Gasteiger partial charge in [0.2, 0.25) is 5.91 Å². The summed E-state index contributed by atoms with van der Waals surface area (Å²) < 4.78 is 88.4. The van der Waals surface area contributed by atoms with Crippen molar-refractivity contribution in [3.05, 3.63) is 18.2 Å². The number of rotatable bonds is 3. The summed E-state index contributed by atoms with van der Waals surface area (Å²) in [7, 11) is 0. The van der Waals surface area contributed by atoms with Gasteiger partial charge in [0.05, 0.1) is 11.4 Å². The zero-order chi connectivity index (χ0) is 16.8. The van der Waals surface area contributed by atoms with Crippen LogP contribution >= 0.6 is 23.5 Å². The topological polar surface area (TPSA) is 29.1 Å². The van der Waals surface area contributed by atoms with Gasteiger partial charge < -0.3 is 5.32 Å². The lowest BCUT2D eigenvalue weighted by Gasteiger charge is -2.27. The van der Waals surface area contributed by atoms with E-state index >= 15 is 0 Å². The number of carbonyl (C=O) groups is 1. The third-order valence-electron chi connectivity index (χ3n) is 2.55. The van der Waals surface area contributed by atoms with E-state index < -0.39 is 39.9 Å². The highest BCUT2D eigenvalue weighted by Crippen LogP contribution is 2.54. The van der Waals surface area contributed by atoms with Gasteiger partial charge in [0.1, 0.15) is 0 Å². The molecule has 122 valence electrons. The van der Waals surface area contributed by atoms with Crippen molar-refractivity contribution in [1.29, 1.82) is 0 Å². The zero-order valence-corrected chi connectivity index (χ0v) is 11.9. The van der Waals surface area contributed by atoms with Gasteiger partial charge in [-0.1, -0.05) is 0 Å². The van der Waals surface area contributed by atoms with Crippen molar-refractivity contribution >= 4 is 35.1 Å². The molecule has 1 heterocycles. The van der Waals surface area contributed by atoms with Crippen molar-refractivity contribution < 1.29 is 35.5 Å². The van der Waals surface area contributed by atoms with Crippen LogP contribution in [0.15, 0.2) is 28.0 Å². The molecule has 1 aliphatic rings. The number of hydrogen-bond acceptors (Lipinski definition) is 3. The van der Waals surface area contributed by atoms with Gasteiger partial charge in [-0.25, -0.2) is 0 Å². The van der Waals surface area contributed by atoms with Crippen molar-refractivity contribution in [3.63, 3.8) is 0 Å². The summed E-state index contributed by atoms with van der Waals surface area (Å²) in [6.07, 6.45) is -6.37. The zero-order valence-electron chi connectivity index (χ0n) is 10.3. The van der Waals surface area contributed by atoms with Crippen molar-refractivity contribution in [2.24, 2.45) is 0 Å². The van der Waals surface area contributed by atoms with Crippen molar-refractivity contribution in [2.45, 2.75) is 27.1 Å². The van der Waals surface area contributed by atoms with Gasteiger partial charge in [-0.15, -0.1) is 11.8 Å². The second kappa shape index (κ2) is 5.52. The predicted octanol–water partition coefficient (Wildman–Crippen LogP) is 4.61. The van der Waals surface area contributed by atoms with E-state index in [-0.39, 0.29) is 11.4 Å². The van der Waals surface area contributed by atoms with Crippen molar-refractivity contribution in [1.82, 2.24) is 0 Å². The van der Waals surface area contributed by atoms with Crippen LogP contribution in [-0.4, -0.2) is 29.0 Å². The third-order valence-corrected chi connectivity index (χ3v) is 4.63. The molecule has 0 saturated carbocycles. The second-order valence-corrected chi connectivity index (χ2v) is 6.39. The average molecular weight is 365 g/mol. The minimum absolute atomic E-state index is 0.0948. The fourth-order valence-electron chi connectivity index (χ4n) is 1.50. The van der Waals surface area contributed by atoms with E-state index in [1.165, 1.54) is 6.07 Å². The van der Waals surface area contributed by atoms with E-state index in [9.17, 15) is 35.5 Å². The van der Waals surface area contributed by atoms with Gasteiger partial charge in [-0.3, -0.25) is 4.79 Å². The Morgan fingerprint density at radius 3 is 2.32 bits per heavy atom. The highest BCUT2D eigenvalue weighted by Gasteiger charge is 2.73. The molecule has 22 heavy (non-hydrogen) atoms. The number of halogens is 7. The summed E-state index contributed by atoms with van der Waals surface area (Å²) in [5.41, 5.74) is 0.0948. The van der Waals surface area contributed by atoms with E-state index in [4.69, 9.17) is 0 Å². The van der Waals surface area contributed by atoms with Crippen LogP contribution in [0, 0.1) is 0 Å². The van der Waals surface area contributed by atoms with Crippen LogP contribution in [0.25, 0.3) is 0 Å². The number of benzene rings is 1. The maximum atomic E-state index is 13.3. The highest BCUT2D eigenvalue weighted by atomic mass is 32.2. The number of anilines is 1. The molecular weight excluding hydrogens is 359 g/mol. The van der Waals surface area contributed by atoms with E-state index in [0.29, 0.717) is 4.90 Å². The molecule has 0 bridgehead atoms. The molecule has 1 aromatic carbocycles. The molecule has 0 atom stereocenters. The normalized spacial score (nSPS) is 16.2. The van der Waals surface area contributed by atoms with Gasteiger partial charge in [0, 0.05) is 9.79 Å². The first-order chi connectivity index (χ1) is 9.94. The van der Waals surface area contributed by atoms with Gasteiger partial charge in [-0.2, -0.15) is 30.7 Å². The summed E-state index contributed by atoms with van der Waals surface area (Å²) in [5, 5.41) is -3.06. The molecule has 0 radical (unpaired) electrons. The lowest BCUT2D eigenvalue weighted by Crippen LogP contribution is -2.49. The lowest BCUT2D eigenvalue weighted by atomic mass is 10.3. The Bertz CT molecular complexity index is 603. The number of fused-ring (bicyclic) bond motifs is 1. The Morgan fingerprint density at radius 2 is 1.73 bits per heavy atom. The predicted molar refractivity (Wildman–Crippen MR) is 67.6 cm³/mol. The quantitative estimate of drug-likeness (QED) is 0.626. The largest absolute Gasteiger partial charge is 0.460 e. The summed E-state index contributed by atoms with van der Waals surface area (Å²) in [6.45, 7) is 0. The van der Waals surface area contributed by atoms with E-state index in [0.717, 1.165) is 23.9 Å². The summed E-state index contributed by atoms with van der Waals surface area (Å²) in [6, 6.07) is 3.20. The number of hydrogen-bond donors (Lipinski definition) is 1. The molecule has 2 rings (SSSR count). The van der Waals surface area contributed by atoms with Crippen LogP contribution in [0.4, 0.5) is 36.4 Å². The van der Waals surface area contributed by atoms with Crippen LogP contribution in [0.5, 0.6) is 0 Å². The lowest BCUT2D eigenvalue weighted by molar-refractivity contribution is -0.330. The maximum absolute atomic E-state index is 13.3. The molecule has 0 spiro atoms. The number of alkyl halides is 7. The van der Waals surface area contributed by atoms with Gasteiger partial charge >= 0.3 is 17.4 Å². The van der Waals surface area contributed by atoms with E-state index in [1.54, 1.807) is 0 Å². The van der Waals surface area contributed by atoms with Gasteiger partial charge in [0.15, 0.2) is 0 Å². The van der Waals surface area contributed by atoms with E-state index in [2.05, 4.69) is 5.32 Å². The molecule has 0 saturated heterocycles. The molecule has 0 fully saturated rings. The van der Waals surface area contributed by atoms with Crippen LogP contribution in [-0.2, 0) is 4.79 Å². The molecule has 11 heteroatoms. The Hall–Kier alpha value is -1.10. The van der Waals surface area contributed by atoms with Gasteiger partial charge in [0.25, 0.3) is 0 Å². The first-order valence-corrected chi connectivity index (χ1v) is 7.32. The molecule has 2 nitrogen and oxygen atoms in total. The molecule has 0 unspecified atom stereocenters.